The summed E-state index contributed by atoms with van der Waals surface area (Å²) in [5.74, 6) is 5.80. The van der Waals surface area contributed by atoms with Crippen molar-refractivity contribution in [3.63, 3.8) is 0 Å². The SMILES string of the molecule is OC(COCCCCCCCCCCCCC1CCCCC1)CSCCOCCC1CCCOC1OC1OCCCC1CCOCCSCC(O)COCCCCCCCCCCCCC1CCCCC1. The molecule has 2 aliphatic heterocycles. The quantitative estimate of drug-likeness (QED) is 0.0569. The molecule has 2 saturated carbocycles. The van der Waals surface area contributed by atoms with Crippen molar-refractivity contribution in [1.29, 1.82) is 0 Å². The molecule has 2 saturated heterocycles. The lowest BCUT2D eigenvalue weighted by atomic mass is 9.85. The summed E-state index contributed by atoms with van der Waals surface area (Å²) in [7, 11) is 0. The monoisotopic (exact) mass is 1040 g/mol. The molecule has 0 aromatic rings. The van der Waals surface area contributed by atoms with Crippen molar-refractivity contribution in [3.8, 4) is 0 Å². The van der Waals surface area contributed by atoms with Crippen molar-refractivity contribution >= 4 is 23.5 Å². The summed E-state index contributed by atoms with van der Waals surface area (Å²) in [5, 5.41) is 20.8. The molecule has 11 heteroatoms. The van der Waals surface area contributed by atoms with E-state index in [0.717, 1.165) is 101 Å². The van der Waals surface area contributed by atoms with Gasteiger partial charge in [0.2, 0.25) is 0 Å². The molecule has 0 aromatic carbocycles. The highest BCUT2D eigenvalue weighted by atomic mass is 32.2. The van der Waals surface area contributed by atoms with E-state index in [-0.39, 0.29) is 12.6 Å². The maximum atomic E-state index is 10.4. The molecule has 2 aliphatic carbocycles. The molecule has 0 radical (unpaired) electrons. The van der Waals surface area contributed by atoms with Crippen LogP contribution in [0.25, 0.3) is 0 Å². The summed E-state index contributed by atoms with van der Waals surface area (Å²) >= 11 is 3.48. The molecular formula is C60H114O9S2. The Balaban J connectivity index is 0.865. The number of unbranched alkanes of at least 4 members (excludes halogenated alkanes) is 18. The highest BCUT2D eigenvalue weighted by Crippen LogP contribution is 2.33. The van der Waals surface area contributed by atoms with Crippen molar-refractivity contribution < 1.29 is 43.4 Å². The Morgan fingerprint density at radius 1 is 0.366 bits per heavy atom. The van der Waals surface area contributed by atoms with Gasteiger partial charge in [0.1, 0.15) is 0 Å². The first-order chi connectivity index (χ1) is 35.2. The molecule has 6 unspecified atom stereocenters. The van der Waals surface area contributed by atoms with Crippen LogP contribution in [-0.2, 0) is 33.2 Å². The minimum Gasteiger partial charge on any atom is -0.390 e. The molecule has 0 bridgehead atoms. The van der Waals surface area contributed by atoms with Crippen molar-refractivity contribution in [2.45, 2.75) is 269 Å². The number of ether oxygens (including phenoxy) is 7. The van der Waals surface area contributed by atoms with E-state index in [1.807, 2.05) is 0 Å². The number of rotatable bonds is 48. The highest BCUT2D eigenvalue weighted by molar-refractivity contribution is 7.99. The average Bonchev–Trinajstić information content (AvgIpc) is 3.39. The molecule has 4 rings (SSSR count). The Bertz CT molecular complexity index is 1050. The second kappa shape index (κ2) is 46.4. The minimum absolute atomic E-state index is 0.259. The first kappa shape index (κ1) is 63.9. The maximum Gasteiger partial charge on any atom is 0.163 e. The number of hydrogen-bond acceptors (Lipinski definition) is 11. The molecule has 9 nitrogen and oxygen atoms in total. The number of aliphatic hydroxyl groups excluding tert-OH is 2. The van der Waals surface area contributed by atoms with Gasteiger partial charge in [0, 0.05) is 74.5 Å². The van der Waals surface area contributed by atoms with Crippen molar-refractivity contribution in [2.75, 3.05) is 89.1 Å². The fraction of sp³-hybridized carbons (Fsp3) is 1.00. The molecule has 0 amide bonds. The first-order valence-electron chi connectivity index (χ1n) is 30.9. The summed E-state index contributed by atoms with van der Waals surface area (Å²) in [6, 6.07) is 0. The molecule has 2 heterocycles. The lowest BCUT2D eigenvalue weighted by Crippen LogP contribution is -2.41. The van der Waals surface area contributed by atoms with Gasteiger partial charge >= 0.3 is 0 Å². The largest absolute Gasteiger partial charge is 0.390 e. The molecule has 420 valence electrons. The van der Waals surface area contributed by atoms with Crippen LogP contribution in [0.1, 0.15) is 244 Å². The van der Waals surface area contributed by atoms with E-state index in [2.05, 4.69) is 0 Å². The van der Waals surface area contributed by atoms with Gasteiger partial charge in [-0.25, -0.2) is 0 Å². The Labute approximate surface area is 446 Å². The lowest BCUT2D eigenvalue weighted by molar-refractivity contribution is -0.298. The Morgan fingerprint density at radius 2 is 0.732 bits per heavy atom. The summed E-state index contributed by atoms with van der Waals surface area (Å²) in [6.07, 6.45) is 49.6. The second-order valence-electron chi connectivity index (χ2n) is 22.5. The van der Waals surface area contributed by atoms with E-state index in [1.165, 1.54) is 193 Å². The number of thioether (sulfide) groups is 2. The van der Waals surface area contributed by atoms with E-state index in [4.69, 9.17) is 33.2 Å². The Kier molecular flexibility index (Phi) is 41.8. The van der Waals surface area contributed by atoms with Gasteiger partial charge in [0.25, 0.3) is 0 Å². The normalized spacial score (nSPS) is 22.6. The third-order valence-corrected chi connectivity index (χ3v) is 18.2. The summed E-state index contributed by atoms with van der Waals surface area (Å²) in [5.41, 5.74) is 0. The minimum atomic E-state index is -0.421. The predicted molar refractivity (Wildman–Crippen MR) is 300 cm³/mol. The van der Waals surface area contributed by atoms with Crippen molar-refractivity contribution in [2.24, 2.45) is 23.7 Å². The molecule has 0 aromatic heterocycles. The highest BCUT2D eigenvalue weighted by Gasteiger charge is 2.34. The van der Waals surface area contributed by atoms with Gasteiger partial charge in [0.05, 0.1) is 38.6 Å². The fourth-order valence-corrected chi connectivity index (χ4v) is 13.1. The smallest absolute Gasteiger partial charge is 0.163 e. The van der Waals surface area contributed by atoms with Gasteiger partial charge in [-0.15, -0.1) is 0 Å². The summed E-state index contributed by atoms with van der Waals surface area (Å²) < 4.78 is 42.6. The summed E-state index contributed by atoms with van der Waals surface area (Å²) in [4.78, 5) is 0. The zero-order chi connectivity index (χ0) is 49.8. The van der Waals surface area contributed by atoms with Crippen LogP contribution in [-0.4, -0.2) is 124 Å². The average molecular weight is 1040 g/mol. The lowest BCUT2D eigenvalue weighted by Gasteiger charge is -2.38. The zero-order valence-corrected chi connectivity index (χ0v) is 47.6. The van der Waals surface area contributed by atoms with Crippen LogP contribution in [0.2, 0.25) is 0 Å². The Hall–Kier alpha value is 0.340. The van der Waals surface area contributed by atoms with E-state index in [0.29, 0.717) is 63.0 Å². The van der Waals surface area contributed by atoms with Gasteiger partial charge in [0.15, 0.2) is 12.6 Å². The molecule has 0 spiro atoms. The van der Waals surface area contributed by atoms with Gasteiger partial charge < -0.3 is 43.4 Å². The summed E-state index contributed by atoms with van der Waals surface area (Å²) in [6.45, 7) is 6.55. The Morgan fingerprint density at radius 3 is 1.13 bits per heavy atom. The van der Waals surface area contributed by atoms with Gasteiger partial charge in [-0.3, -0.25) is 0 Å². The first-order valence-corrected chi connectivity index (χ1v) is 33.2. The second-order valence-corrected chi connectivity index (χ2v) is 24.8. The van der Waals surface area contributed by atoms with Gasteiger partial charge in [-0.2, -0.15) is 23.5 Å². The fourth-order valence-electron chi connectivity index (χ4n) is 11.6. The van der Waals surface area contributed by atoms with Gasteiger partial charge in [-0.1, -0.05) is 193 Å². The van der Waals surface area contributed by atoms with Crippen LogP contribution >= 0.6 is 23.5 Å². The molecule has 4 fully saturated rings. The van der Waals surface area contributed by atoms with Crippen LogP contribution in [0.15, 0.2) is 0 Å². The van der Waals surface area contributed by atoms with E-state index in [9.17, 15) is 10.2 Å². The van der Waals surface area contributed by atoms with Crippen LogP contribution in [0, 0.1) is 23.7 Å². The maximum absolute atomic E-state index is 10.4. The predicted octanol–water partition coefficient (Wildman–Crippen LogP) is 15.3. The number of aliphatic hydroxyl groups is 2. The molecule has 4 aliphatic rings. The van der Waals surface area contributed by atoms with E-state index >= 15 is 0 Å². The van der Waals surface area contributed by atoms with E-state index in [1.54, 1.807) is 23.5 Å². The molecule has 2 N–H and O–H groups in total. The molecule has 6 atom stereocenters. The van der Waals surface area contributed by atoms with Crippen LogP contribution < -0.4 is 0 Å². The van der Waals surface area contributed by atoms with Gasteiger partial charge in [-0.05, 0) is 63.2 Å². The standard InChI is InChI=1S/C60H114O9S2/c61-57(49-65-39-25-15-11-7-3-1-5-9-13-19-29-53-31-21-17-22-32-53)51-70-47-45-63-43-37-55-35-27-41-67-59(55)69-60-56(36-28-42-68-60)38-44-64-46-48-71-52-58(62)50-66-40-26-16-12-8-4-2-6-10-14-20-30-54-33-23-18-24-34-54/h53-62H,1-52H2. The van der Waals surface area contributed by atoms with Crippen molar-refractivity contribution in [3.05, 3.63) is 0 Å². The zero-order valence-electron chi connectivity index (χ0n) is 46.0. The van der Waals surface area contributed by atoms with Crippen LogP contribution in [0.3, 0.4) is 0 Å². The topological polar surface area (TPSA) is 105 Å². The molecular weight excluding hydrogens is 929 g/mol. The van der Waals surface area contributed by atoms with E-state index < -0.39 is 12.2 Å². The molecule has 71 heavy (non-hydrogen) atoms. The van der Waals surface area contributed by atoms with Crippen LogP contribution in [0.5, 0.6) is 0 Å². The third kappa shape index (κ3) is 35.4. The van der Waals surface area contributed by atoms with Crippen molar-refractivity contribution in [1.82, 2.24) is 0 Å². The number of hydrogen-bond donors (Lipinski definition) is 2. The van der Waals surface area contributed by atoms with Crippen LogP contribution in [0.4, 0.5) is 0 Å². The third-order valence-electron chi connectivity index (χ3n) is 16.0.